The van der Waals surface area contributed by atoms with Crippen LogP contribution in [0.2, 0.25) is 0 Å². The lowest BCUT2D eigenvalue weighted by Crippen LogP contribution is -2.59. The van der Waals surface area contributed by atoms with Gasteiger partial charge < -0.3 is 10.1 Å². The Morgan fingerprint density at radius 3 is 2.29 bits per heavy atom. The lowest BCUT2D eigenvalue weighted by atomic mass is 10.0. The standard InChI is InChI=1S/C13H27N3O/c1-12(2)16-6-4-15(5-7-16)8-9-17-13(3)10-14-11-13/h12,14H,4-11H2,1-3H3. The molecular formula is C13H27N3O. The van der Waals surface area contributed by atoms with Gasteiger partial charge in [0.25, 0.3) is 0 Å². The van der Waals surface area contributed by atoms with Crippen molar-refractivity contribution < 1.29 is 4.74 Å². The molecule has 0 atom stereocenters. The van der Waals surface area contributed by atoms with Gasteiger partial charge in [-0.25, -0.2) is 0 Å². The Balaban J connectivity index is 1.58. The number of nitrogens with zero attached hydrogens (tertiary/aromatic N) is 2. The van der Waals surface area contributed by atoms with Crippen LogP contribution >= 0.6 is 0 Å². The molecule has 0 aliphatic carbocycles. The average Bonchev–Trinajstić information content (AvgIpc) is 2.27. The van der Waals surface area contributed by atoms with Crippen molar-refractivity contribution in [2.45, 2.75) is 32.4 Å². The summed E-state index contributed by atoms with van der Waals surface area (Å²) in [7, 11) is 0. The third kappa shape index (κ3) is 3.65. The quantitative estimate of drug-likeness (QED) is 0.754. The number of rotatable bonds is 5. The van der Waals surface area contributed by atoms with E-state index in [-0.39, 0.29) is 5.60 Å². The molecule has 17 heavy (non-hydrogen) atoms. The summed E-state index contributed by atoms with van der Waals surface area (Å²) in [5.41, 5.74) is 0.111. The zero-order valence-electron chi connectivity index (χ0n) is 11.5. The first-order valence-electron chi connectivity index (χ1n) is 6.90. The van der Waals surface area contributed by atoms with Gasteiger partial charge >= 0.3 is 0 Å². The van der Waals surface area contributed by atoms with Gasteiger partial charge in [0.05, 0.1) is 12.2 Å². The fraction of sp³-hybridized carbons (Fsp3) is 1.00. The molecule has 2 fully saturated rings. The highest BCUT2D eigenvalue weighted by Crippen LogP contribution is 2.15. The molecule has 2 aliphatic rings. The molecular weight excluding hydrogens is 214 g/mol. The van der Waals surface area contributed by atoms with E-state index in [9.17, 15) is 0 Å². The van der Waals surface area contributed by atoms with Gasteiger partial charge in [-0.15, -0.1) is 0 Å². The Morgan fingerprint density at radius 1 is 1.18 bits per heavy atom. The van der Waals surface area contributed by atoms with Crippen LogP contribution in [0.25, 0.3) is 0 Å². The lowest BCUT2D eigenvalue weighted by molar-refractivity contribution is -0.0743. The van der Waals surface area contributed by atoms with Crippen LogP contribution in [-0.2, 0) is 4.74 Å². The minimum absolute atomic E-state index is 0.111. The molecule has 0 unspecified atom stereocenters. The molecule has 2 aliphatic heterocycles. The van der Waals surface area contributed by atoms with E-state index in [1.54, 1.807) is 0 Å². The van der Waals surface area contributed by atoms with Crippen molar-refractivity contribution in [3.05, 3.63) is 0 Å². The van der Waals surface area contributed by atoms with E-state index in [0.717, 1.165) is 26.2 Å². The molecule has 0 bridgehead atoms. The molecule has 0 radical (unpaired) electrons. The molecule has 0 spiro atoms. The first-order chi connectivity index (χ1) is 8.09. The largest absolute Gasteiger partial charge is 0.371 e. The summed E-state index contributed by atoms with van der Waals surface area (Å²) in [5.74, 6) is 0. The first kappa shape index (κ1) is 13.3. The van der Waals surface area contributed by atoms with Crippen LogP contribution in [0.4, 0.5) is 0 Å². The van der Waals surface area contributed by atoms with E-state index in [4.69, 9.17) is 4.74 Å². The van der Waals surface area contributed by atoms with Gasteiger partial charge in [0.15, 0.2) is 0 Å². The maximum Gasteiger partial charge on any atom is 0.0902 e. The second-order valence-electron chi connectivity index (χ2n) is 5.87. The maximum absolute atomic E-state index is 5.92. The van der Waals surface area contributed by atoms with Crippen LogP contribution in [0.15, 0.2) is 0 Å². The fourth-order valence-corrected chi connectivity index (χ4v) is 2.50. The number of ether oxygens (including phenoxy) is 1. The molecule has 0 aromatic rings. The normalized spacial score (nSPS) is 26.1. The summed E-state index contributed by atoms with van der Waals surface area (Å²) in [5, 5.41) is 3.26. The minimum Gasteiger partial charge on any atom is -0.371 e. The SMILES string of the molecule is CC(C)N1CCN(CCOC2(C)CNC2)CC1. The van der Waals surface area contributed by atoms with Crippen molar-refractivity contribution in [3.63, 3.8) is 0 Å². The number of hydrogen-bond acceptors (Lipinski definition) is 4. The Hall–Kier alpha value is -0.160. The van der Waals surface area contributed by atoms with Crippen LogP contribution in [-0.4, -0.2) is 73.9 Å². The minimum atomic E-state index is 0.111. The van der Waals surface area contributed by atoms with Crippen LogP contribution in [0.5, 0.6) is 0 Å². The molecule has 0 amide bonds. The molecule has 0 aromatic carbocycles. The van der Waals surface area contributed by atoms with Crippen molar-refractivity contribution >= 4 is 0 Å². The molecule has 4 nitrogen and oxygen atoms in total. The maximum atomic E-state index is 5.92. The summed E-state index contributed by atoms with van der Waals surface area (Å²) >= 11 is 0. The van der Waals surface area contributed by atoms with E-state index >= 15 is 0 Å². The number of piperazine rings is 1. The van der Waals surface area contributed by atoms with Crippen molar-refractivity contribution in [1.82, 2.24) is 15.1 Å². The third-order valence-electron chi connectivity index (χ3n) is 3.99. The lowest BCUT2D eigenvalue weighted by Gasteiger charge is -2.40. The average molecular weight is 241 g/mol. The van der Waals surface area contributed by atoms with E-state index in [0.29, 0.717) is 6.04 Å². The van der Waals surface area contributed by atoms with Gasteiger partial charge in [-0.2, -0.15) is 0 Å². The monoisotopic (exact) mass is 241 g/mol. The smallest absolute Gasteiger partial charge is 0.0902 e. The fourth-order valence-electron chi connectivity index (χ4n) is 2.50. The summed E-state index contributed by atoms with van der Waals surface area (Å²) in [6.07, 6.45) is 0. The highest BCUT2D eigenvalue weighted by atomic mass is 16.5. The molecule has 2 saturated heterocycles. The van der Waals surface area contributed by atoms with Crippen molar-refractivity contribution in [3.8, 4) is 0 Å². The van der Waals surface area contributed by atoms with E-state index < -0.39 is 0 Å². The first-order valence-corrected chi connectivity index (χ1v) is 6.90. The van der Waals surface area contributed by atoms with Crippen LogP contribution in [0.3, 0.4) is 0 Å². The summed E-state index contributed by atoms with van der Waals surface area (Å²) in [4.78, 5) is 5.07. The van der Waals surface area contributed by atoms with E-state index in [1.807, 2.05) is 0 Å². The van der Waals surface area contributed by atoms with Crippen LogP contribution in [0.1, 0.15) is 20.8 Å². The highest BCUT2D eigenvalue weighted by Gasteiger charge is 2.32. The van der Waals surface area contributed by atoms with Gasteiger partial charge in [0, 0.05) is 51.9 Å². The summed E-state index contributed by atoms with van der Waals surface area (Å²) in [6, 6.07) is 0.688. The number of hydrogen-bond donors (Lipinski definition) is 1. The van der Waals surface area contributed by atoms with Crippen LogP contribution < -0.4 is 5.32 Å². The van der Waals surface area contributed by atoms with Gasteiger partial charge in [-0.1, -0.05) is 0 Å². The Bertz CT molecular complexity index is 233. The molecule has 2 heterocycles. The second-order valence-corrected chi connectivity index (χ2v) is 5.87. The molecule has 1 N–H and O–H groups in total. The van der Waals surface area contributed by atoms with Gasteiger partial charge in [0.2, 0.25) is 0 Å². The topological polar surface area (TPSA) is 27.7 Å². The second kappa shape index (κ2) is 5.65. The molecule has 100 valence electrons. The summed E-state index contributed by atoms with van der Waals surface area (Å²) < 4.78 is 5.92. The number of nitrogens with one attached hydrogen (secondary N) is 1. The highest BCUT2D eigenvalue weighted by molar-refractivity contribution is 4.90. The Kier molecular flexibility index (Phi) is 4.42. The van der Waals surface area contributed by atoms with Crippen molar-refractivity contribution in [2.24, 2.45) is 0 Å². The van der Waals surface area contributed by atoms with Crippen LogP contribution in [0, 0.1) is 0 Å². The molecule has 0 aromatic heterocycles. The van der Waals surface area contributed by atoms with Gasteiger partial charge in [0.1, 0.15) is 0 Å². The predicted octanol–water partition coefficient (Wildman–Crippen LogP) is 0.391. The van der Waals surface area contributed by atoms with E-state index in [1.165, 1.54) is 26.2 Å². The third-order valence-corrected chi connectivity index (χ3v) is 3.99. The van der Waals surface area contributed by atoms with Gasteiger partial charge in [-0.3, -0.25) is 9.80 Å². The molecule has 4 heteroatoms. The molecule has 0 saturated carbocycles. The van der Waals surface area contributed by atoms with Crippen molar-refractivity contribution in [2.75, 3.05) is 52.4 Å². The van der Waals surface area contributed by atoms with Crippen molar-refractivity contribution in [1.29, 1.82) is 0 Å². The van der Waals surface area contributed by atoms with E-state index in [2.05, 4.69) is 35.9 Å². The van der Waals surface area contributed by atoms with Gasteiger partial charge in [-0.05, 0) is 20.8 Å². The zero-order valence-corrected chi connectivity index (χ0v) is 11.5. The Labute approximate surface area is 105 Å². The zero-order chi connectivity index (χ0) is 12.3. The Morgan fingerprint density at radius 2 is 1.82 bits per heavy atom. The summed E-state index contributed by atoms with van der Waals surface area (Å²) in [6.45, 7) is 15.5. The predicted molar refractivity (Wildman–Crippen MR) is 70.4 cm³/mol. The molecule has 2 rings (SSSR count).